The SMILES string of the molecule is COc1ccc(OC)c(-c2cc(-c3ccc(Cl)cc3)nc(N)c2C#N)c1. The van der Waals surface area contributed by atoms with Crippen molar-refractivity contribution in [3.8, 4) is 40.0 Å². The molecule has 0 atom stereocenters. The Morgan fingerprint density at radius 2 is 1.73 bits per heavy atom. The van der Waals surface area contributed by atoms with Gasteiger partial charge in [-0.2, -0.15) is 5.26 Å². The van der Waals surface area contributed by atoms with Crippen molar-refractivity contribution in [3.63, 3.8) is 0 Å². The highest BCUT2D eigenvalue weighted by Gasteiger charge is 2.17. The zero-order chi connectivity index (χ0) is 18.7. The molecule has 130 valence electrons. The van der Waals surface area contributed by atoms with Crippen LogP contribution < -0.4 is 15.2 Å². The molecule has 0 aliphatic carbocycles. The fourth-order valence-electron chi connectivity index (χ4n) is 2.69. The first-order valence-electron chi connectivity index (χ1n) is 7.76. The summed E-state index contributed by atoms with van der Waals surface area (Å²) in [6.07, 6.45) is 0. The van der Waals surface area contributed by atoms with Crippen LogP contribution in [-0.4, -0.2) is 19.2 Å². The van der Waals surface area contributed by atoms with Crippen molar-refractivity contribution in [1.82, 2.24) is 4.98 Å². The van der Waals surface area contributed by atoms with Crippen molar-refractivity contribution in [2.24, 2.45) is 0 Å². The number of benzene rings is 2. The van der Waals surface area contributed by atoms with Gasteiger partial charge in [0.05, 0.1) is 19.9 Å². The van der Waals surface area contributed by atoms with E-state index in [9.17, 15) is 5.26 Å². The molecule has 0 aliphatic rings. The lowest BCUT2D eigenvalue weighted by Crippen LogP contribution is -2.01. The number of aromatic nitrogens is 1. The van der Waals surface area contributed by atoms with Crippen LogP contribution in [0.3, 0.4) is 0 Å². The van der Waals surface area contributed by atoms with Gasteiger partial charge in [-0.25, -0.2) is 4.98 Å². The predicted molar refractivity (Wildman–Crippen MR) is 102 cm³/mol. The number of methoxy groups -OCH3 is 2. The molecule has 1 aromatic heterocycles. The van der Waals surface area contributed by atoms with Crippen molar-refractivity contribution in [3.05, 3.63) is 59.1 Å². The molecule has 2 N–H and O–H groups in total. The standard InChI is InChI=1S/C20H16ClN3O2/c1-25-14-7-8-19(26-2)16(9-14)15-10-18(24-20(23)17(15)11-22)12-3-5-13(21)6-4-12/h3-10H,1-2H3,(H2,23,24). The van der Waals surface area contributed by atoms with Gasteiger partial charge >= 0.3 is 0 Å². The van der Waals surface area contributed by atoms with E-state index in [1.807, 2.05) is 18.2 Å². The van der Waals surface area contributed by atoms with Crippen molar-refractivity contribution < 1.29 is 9.47 Å². The molecule has 0 spiro atoms. The molecular formula is C20H16ClN3O2. The fourth-order valence-corrected chi connectivity index (χ4v) is 2.81. The maximum absolute atomic E-state index is 9.59. The largest absolute Gasteiger partial charge is 0.497 e. The molecule has 0 unspecified atom stereocenters. The molecule has 2 aromatic carbocycles. The summed E-state index contributed by atoms with van der Waals surface area (Å²) in [6.45, 7) is 0. The summed E-state index contributed by atoms with van der Waals surface area (Å²) in [4.78, 5) is 4.37. The van der Waals surface area contributed by atoms with Crippen LogP contribution in [0, 0.1) is 11.3 Å². The molecule has 3 rings (SSSR count). The minimum absolute atomic E-state index is 0.153. The fraction of sp³-hybridized carbons (Fsp3) is 0.100. The van der Waals surface area contributed by atoms with Crippen LogP contribution in [0.2, 0.25) is 5.02 Å². The number of hydrogen-bond donors (Lipinski definition) is 1. The number of ether oxygens (including phenoxy) is 2. The first kappa shape index (κ1) is 17.6. The van der Waals surface area contributed by atoms with E-state index in [2.05, 4.69) is 11.1 Å². The maximum atomic E-state index is 9.59. The molecule has 6 heteroatoms. The highest BCUT2D eigenvalue weighted by molar-refractivity contribution is 6.30. The third-order valence-corrected chi connectivity index (χ3v) is 4.25. The Labute approximate surface area is 156 Å². The highest BCUT2D eigenvalue weighted by Crippen LogP contribution is 2.38. The number of anilines is 1. The molecular weight excluding hydrogens is 350 g/mol. The average Bonchev–Trinajstić information content (AvgIpc) is 2.67. The Bertz CT molecular complexity index is 995. The molecule has 0 aliphatic heterocycles. The van der Waals surface area contributed by atoms with E-state index < -0.39 is 0 Å². The molecule has 1 heterocycles. The number of nitrogens with two attached hydrogens (primary N) is 1. The molecule has 0 bridgehead atoms. The molecule has 26 heavy (non-hydrogen) atoms. The molecule has 0 saturated carbocycles. The zero-order valence-electron chi connectivity index (χ0n) is 14.3. The quantitative estimate of drug-likeness (QED) is 0.734. The number of rotatable bonds is 4. The second kappa shape index (κ2) is 7.34. The van der Waals surface area contributed by atoms with Crippen LogP contribution in [-0.2, 0) is 0 Å². The maximum Gasteiger partial charge on any atom is 0.142 e. The van der Waals surface area contributed by atoms with E-state index >= 15 is 0 Å². The van der Waals surface area contributed by atoms with Crippen molar-refractivity contribution >= 4 is 17.4 Å². The Kier molecular flexibility index (Phi) is 4.97. The van der Waals surface area contributed by atoms with Gasteiger partial charge in [-0.15, -0.1) is 0 Å². The first-order chi connectivity index (χ1) is 12.6. The normalized spacial score (nSPS) is 10.2. The van der Waals surface area contributed by atoms with E-state index in [-0.39, 0.29) is 11.4 Å². The average molecular weight is 366 g/mol. The van der Waals surface area contributed by atoms with E-state index in [0.29, 0.717) is 33.3 Å². The predicted octanol–water partition coefficient (Wildman–Crippen LogP) is 4.54. The van der Waals surface area contributed by atoms with Crippen LogP contribution in [0.25, 0.3) is 22.4 Å². The lowest BCUT2D eigenvalue weighted by atomic mass is 9.97. The smallest absolute Gasteiger partial charge is 0.142 e. The van der Waals surface area contributed by atoms with Gasteiger partial charge in [0.1, 0.15) is 28.9 Å². The molecule has 3 aromatic rings. The second-order valence-corrected chi connectivity index (χ2v) is 5.94. The molecule has 0 amide bonds. The van der Waals surface area contributed by atoms with E-state index in [1.54, 1.807) is 44.6 Å². The van der Waals surface area contributed by atoms with Crippen molar-refractivity contribution in [2.75, 3.05) is 20.0 Å². The van der Waals surface area contributed by atoms with Crippen LogP contribution >= 0.6 is 11.6 Å². The lowest BCUT2D eigenvalue weighted by molar-refractivity contribution is 0.404. The summed E-state index contributed by atoms with van der Waals surface area (Å²) >= 11 is 5.96. The summed E-state index contributed by atoms with van der Waals surface area (Å²) in [5.41, 5.74) is 9.16. The van der Waals surface area contributed by atoms with E-state index in [1.165, 1.54) is 0 Å². The van der Waals surface area contributed by atoms with E-state index in [0.717, 1.165) is 5.56 Å². The van der Waals surface area contributed by atoms with Crippen LogP contribution in [0.15, 0.2) is 48.5 Å². The monoisotopic (exact) mass is 365 g/mol. The third-order valence-electron chi connectivity index (χ3n) is 4.00. The van der Waals surface area contributed by atoms with Gasteiger partial charge < -0.3 is 15.2 Å². The van der Waals surface area contributed by atoms with Crippen molar-refractivity contribution in [2.45, 2.75) is 0 Å². The van der Waals surface area contributed by atoms with Gasteiger partial charge in [-0.3, -0.25) is 0 Å². The van der Waals surface area contributed by atoms with Gasteiger partial charge in [0.25, 0.3) is 0 Å². The Morgan fingerprint density at radius 3 is 2.35 bits per heavy atom. The number of pyridine rings is 1. The molecule has 0 fully saturated rings. The van der Waals surface area contributed by atoms with Crippen LogP contribution in [0.4, 0.5) is 5.82 Å². The third kappa shape index (κ3) is 3.28. The number of nitriles is 1. The molecule has 0 saturated heterocycles. The van der Waals surface area contributed by atoms with Crippen LogP contribution in [0.1, 0.15) is 5.56 Å². The topological polar surface area (TPSA) is 81.2 Å². The number of hydrogen-bond acceptors (Lipinski definition) is 5. The first-order valence-corrected chi connectivity index (χ1v) is 8.14. The van der Waals surface area contributed by atoms with E-state index in [4.69, 9.17) is 26.8 Å². The second-order valence-electron chi connectivity index (χ2n) is 5.50. The Morgan fingerprint density at radius 1 is 1.00 bits per heavy atom. The number of nitrogens with zero attached hydrogens (tertiary/aromatic N) is 2. The van der Waals surface area contributed by atoms with Crippen molar-refractivity contribution in [1.29, 1.82) is 5.26 Å². The zero-order valence-corrected chi connectivity index (χ0v) is 15.0. The Hall–Kier alpha value is -3.23. The van der Waals surface area contributed by atoms with Crippen LogP contribution in [0.5, 0.6) is 11.5 Å². The lowest BCUT2D eigenvalue weighted by Gasteiger charge is -2.14. The van der Waals surface area contributed by atoms with Gasteiger partial charge in [0, 0.05) is 21.7 Å². The molecule has 0 radical (unpaired) electrons. The van der Waals surface area contributed by atoms with Gasteiger partial charge in [0.15, 0.2) is 0 Å². The summed E-state index contributed by atoms with van der Waals surface area (Å²) in [5.74, 6) is 1.41. The minimum atomic E-state index is 0.153. The molecule has 5 nitrogen and oxygen atoms in total. The summed E-state index contributed by atoms with van der Waals surface area (Å²) in [5, 5.41) is 10.2. The van der Waals surface area contributed by atoms with Gasteiger partial charge in [0.2, 0.25) is 0 Å². The Balaban J connectivity index is 2.27. The number of nitrogen functional groups attached to an aromatic ring is 1. The minimum Gasteiger partial charge on any atom is -0.497 e. The summed E-state index contributed by atoms with van der Waals surface area (Å²) < 4.78 is 10.8. The number of halogens is 1. The summed E-state index contributed by atoms with van der Waals surface area (Å²) in [6, 6.07) is 16.6. The van der Waals surface area contributed by atoms with Gasteiger partial charge in [-0.05, 0) is 36.4 Å². The van der Waals surface area contributed by atoms with Gasteiger partial charge in [-0.1, -0.05) is 23.7 Å². The summed E-state index contributed by atoms with van der Waals surface area (Å²) in [7, 11) is 3.15. The highest BCUT2D eigenvalue weighted by atomic mass is 35.5.